The van der Waals surface area contributed by atoms with E-state index < -0.39 is 0 Å². The summed E-state index contributed by atoms with van der Waals surface area (Å²) in [6, 6.07) is 0. The summed E-state index contributed by atoms with van der Waals surface area (Å²) in [7, 11) is 0. The molecular formula is C14H17N. The molecule has 1 aliphatic heterocycles. The standard InChI is InChI=1S/C12H11N.C2H6/c1-10-5-2-3-6-11-7-4-8-13-9-12(10)11;1-2/h2,5-9H,4H2,1H3;1-2H3. The topological polar surface area (TPSA) is 12.4 Å². The molecule has 2 aliphatic rings. The first kappa shape index (κ1) is 11.5. The van der Waals surface area contributed by atoms with Gasteiger partial charge in [-0.2, -0.15) is 0 Å². The Balaban J connectivity index is 0.000000531. The van der Waals surface area contributed by atoms with Gasteiger partial charge in [0.1, 0.15) is 0 Å². The molecule has 2 rings (SSSR count). The minimum Gasteiger partial charge on any atom is -0.268 e. The molecule has 0 unspecified atom stereocenters. The second-order valence-corrected chi connectivity index (χ2v) is 3.10. The monoisotopic (exact) mass is 199 g/mol. The molecule has 0 aromatic carbocycles. The highest BCUT2D eigenvalue weighted by molar-refractivity contribution is 5.66. The van der Waals surface area contributed by atoms with Gasteiger partial charge in [0.2, 0.25) is 0 Å². The number of aliphatic imine (C=N–C) groups is 1. The van der Waals surface area contributed by atoms with Crippen LogP contribution in [0.5, 0.6) is 0 Å². The number of rotatable bonds is 0. The highest BCUT2D eigenvalue weighted by Gasteiger charge is 2.06. The van der Waals surface area contributed by atoms with E-state index in [-0.39, 0.29) is 0 Å². The van der Waals surface area contributed by atoms with Crippen LogP contribution in [0.2, 0.25) is 0 Å². The summed E-state index contributed by atoms with van der Waals surface area (Å²) in [5, 5.41) is 0. The molecule has 1 nitrogen and oxygen atoms in total. The molecule has 78 valence electrons. The molecule has 0 aromatic heterocycles. The summed E-state index contributed by atoms with van der Waals surface area (Å²) >= 11 is 0. The number of nitrogens with zero attached hydrogens (tertiary/aromatic N) is 1. The molecular weight excluding hydrogens is 182 g/mol. The molecule has 1 heterocycles. The first-order valence-corrected chi connectivity index (χ1v) is 5.40. The summed E-state index contributed by atoms with van der Waals surface area (Å²) in [4.78, 5) is 4.21. The summed E-state index contributed by atoms with van der Waals surface area (Å²) < 4.78 is 0. The minimum absolute atomic E-state index is 0.904. The minimum atomic E-state index is 0.904. The van der Waals surface area contributed by atoms with Gasteiger partial charge >= 0.3 is 0 Å². The highest BCUT2D eigenvalue weighted by Crippen LogP contribution is 2.23. The Bertz CT molecular complexity index is 397. The third-order valence-corrected chi connectivity index (χ3v) is 2.16. The molecule has 0 spiro atoms. The SMILES string of the molecule is CC.CC1=CC=C=CC2=CCC=NC=C12. The van der Waals surface area contributed by atoms with Crippen LogP contribution in [-0.4, -0.2) is 6.21 Å². The van der Waals surface area contributed by atoms with E-state index in [1.807, 2.05) is 38.4 Å². The van der Waals surface area contributed by atoms with E-state index >= 15 is 0 Å². The number of hydrogen-bond donors (Lipinski definition) is 0. The summed E-state index contributed by atoms with van der Waals surface area (Å²) in [5.41, 5.74) is 6.78. The molecule has 0 saturated heterocycles. The molecule has 0 amide bonds. The van der Waals surface area contributed by atoms with E-state index in [1.54, 1.807) is 0 Å². The Labute approximate surface area is 91.9 Å². The van der Waals surface area contributed by atoms with Crippen LogP contribution in [0.25, 0.3) is 0 Å². The smallest absolute Gasteiger partial charge is 0.0345 e. The predicted octanol–water partition coefficient (Wildman–Crippen LogP) is 3.97. The van der Waals surface area contributed by atoms with Crippen LogP contribution < -0.4 is 0 Å². The Kier molecular flexibility index (Phi) is 4.59. The lowest BCUT2D eigenvalue weighted by molar-refractivity contribution is 1.35. The molecule has 0 atom stereocenters. The normalized spacial score (nSPS) is 17.4. The van der Waals surface area contributed by atoms with E-state index in [1.165, 1.54) is 16.7 Å². The van der Waals surface area contributed by atoms with Gasteiger partial charge in [-0.15, -0.1) is 5.73 Å². The first-order chi connectivity index (χ1) is 7.38. The summed E-state index contributed by atoms with van der Waals surface area (Å²) in [6.45, 7) is 6.10. The predicted molar refractivity (Wildman–Crippen MR) is 67.0 cm³/mol. The van der Waals surface area contributed by atoms with Gasteiger partial charge in [0, 0.05) is 24.4 Å². The zero-order chi connectivity index (χ0) is 11.1. The van der Waals surface area contributed by atoms with Crippen molar-refractivity contribution in [3.63, 3.8) is 0 Å². The highest BCUT2D eigenvalue weighted by atomic mass is 14.7. The van der Waals surface area contributed by atoms with Gasteiger partial charge in [0.25, 0.3) is 0 Å². The summed E-state index contributed by atoms with van der Waals surface area (Å²) in [6.07, 6.45) is 12.9. The van der Waals surface area contributed by atoms with Crippen LogP contribution in [0.15, 0.2) is 57.9 Å². The summed E-state index contributed by atoms with van der Waals surface area (Å²) in [5.74, 6) is 0. The van der Waals surface area contributed by atoms with Gasteiger partial charge in [-0.25, -0.2) is 0 Å². The number of fused-ring (bicyclic) bond motifs is 1. The van der Waals surface area contributed by atoms with Crippen molar-refractivity contribution in [2.45, 2.75) is 27.2 Å². The first-order valence-electron chi connectivity index (χ1n) is 5.40. The van der Waals surface area contributed by atoms with Crippen molar-refractivity contribution >= 4 is 6.21 Å². The maximum absolute atomic E-state index is 4.21. The molecule has 0 saturated carbocycles. The van der Waals surface area contributed by atoms with Gasteiger partial charge in [0.05, 0.1) is 0 Å². The fourth-order valence-electron chi connectivity index (χ4n) is 1.42. The zero-order valence-electron chi connectivity index (χ0n) is 9.62. The Morgan fingerprint density at radius 1 is 1.33 bits per heavy atom. The third kappa shape index (κ3) is 2.93. The number of hydrogen-bond acceptors (Lipinski definition) is 1. The van der Waals surface area contributed by atoms with Gasteiger partial charge < -0.3 is 0 Å². The molecule has 0 aromatic rings. The maximum Gasteiger partial charge on any atom is 0.0345 e. The van der Waals surface area contributed by atoms with Crippen LogP contribution in [0.1, 0.15) is 27.2 Å². The molecule has 0 bridgehead atoms. The lowest BCUT2D eigenvalue weighted by Gasteiger charge is -2.04. The van der Waals surface area contributed by atoms with Gasteiger partial charge in [-0.05, 0) is 30.2 Å². The van der Waals surface area contributed by atoms with Crippen LogP contribution in [0.4, 0.5) is 0 Å². The molecule has 0 N–H and O–H groups in total. The van der Waals surface area contributed by atoms with Gasteiger partial charge in [-0.1, -0.05) is 26.0 Å². The molecule has 1 aliphatic carbocycles. The quantitative estimate of drug-likeness (QED) is 0.523. The van der Waals surface area contributed by atoms with E-state index in [0.29, 0.717) is 0 Å². The van der Waals surface area contributed by atoms with Gasteiger partial charge in [-0.3, -0.25) is 4.99 Å². The van der Waals surface area contributed by atoms with Crippen molar-refractivity contribution < 1.29 is 0 Å². The molecule has 15 heavy (non-hydrogen) atoms. The van der Waals surface area contributed by atoms with Crippen molar-refractivity contribution in [1.29, 1.82) is 0 Å². The Morgan fingerprint density at radius 3 is 2.93 bits per heavy atom. The molecule has 0 radical (unpaired) electrons. The molecule has 1 heteroatoms. The fraction of sp³-hybridized carbons (Fsp3) is 0.286. The van der Waals surface area contributed by atoms with Crippen molar-refractivity contribution in [1.82, 2.24) is 0 Å². The second kappa shape index (κ2) is 6.00. The van der Waals surface area contributed by atoms with Crippen molar-refractivity contribution in [2.24, 2.45) is 4.99 Å². The van der Waals surface area contributed by atoms with E-state index in [0.717, 1.165) is 6.42 Å². The largest absolute Gasteiger partial charge is 0.268 e. The number of allylic oxidation sites excluding steroid dienone is 6. The van der Waals surface area contributed by atoms with E-state index in [4.69, 9.17) is 0 Å². The Hall–Kier alpha value is -1.59. The fourth-order valence-corrected chi connectivity index (χ4v) is 1.42. The maximum atomic E-state index is 4.21. The van der Waals surface area contributed by atoms with E-state index in [2.05, 4.69) is 29.8 Å². The van der Waals surface area contributed by atoms with Crippen molar-refractivity contribution in [3.05, 3.63) is 53.0 Å². The van der Waals surface area contributed by atoms with Crippen LogP contribution >= 0.6 is 0 Å². The van der Waals surface area contributed by atoms with Crippen molar-refractivity contribution in [2.75, 3.05) is 0 Å². The second-order valence-electron chi connectivity index (χ2n) is 3.10. The van der Waals surface area contributed by atoms with Crippen LogP contribution in [-0.2, 0) is 0 Å². The Morgan fingerprint density at radius 2 is 2.13 bits per heavy atom. The lowest BCUT2D eigenvalue weighted by Crippen LogP contribution is -1.86. The average molecular weight is 199 g/mol. The zero-order valence-corrected chi connectivity index (χ0v) is 9.62. The third-order valence-electron chi connectivity index (χ3n) is 2.16. The van der Waals surface area contributed by atoms with Crippen LogP contribution in [0.3, 0.4) is 0 Å². The average Bonchev–Trinajstić information content (AvgIpc) is 2.59. The van der Waals surface area contributed by atoms with E-state index in [9.17, 15) is 0 Å². The van der Waals surface area contributed by atoms with Crippen LogP contribution in [0, 0.1) is 0 Å². The van der Waals surface area contributed by atoms with Crippen molar-refractivity contribution in [3.8, 4) is 0 Å². The lowest BCUT2D eigenvalue weighted by atomic mass is 10.0. The van der Waals surface area contributed by atoms with Gasteiger partial charge in [0.15, 0.2) is 0 Å². The molecule has 0 fully saturated rings.